The molecule has 0 saturated carbocycles. The van der Waals surface area contributed by atoms with Crippen molar-refractivity contribution in [2.45, 2.75) is 20.4 Å². The van der Waals surface area contributed by atoms with Crippen LogP contribution < -0.4 is 0 Å². The Morgan fingerprint density at radius 3 is 2.58 bits per heavy atom. The summed E-state index contributed by atoms with van der Waals surface area (Å²) in [4.78, 5) is 9.52. The second kappa shape index (κ2) is 2.88. The van der Waals surface area contributed by atoms with E-state index in [4.69, 9.17) is 0 Å². The van der Waals surface area contributed by atoms with Crippen molar-refractivity contribution in [1.82, 2.24) is 9.78 Å². The number of hydrogen-bond acceptors (Lipinski definition) is 3. The summed E-state index contributed by atoms with van der Waals surface area (Å²) in [6.07, 6.45) is 0. The van der Waals surface area contributed by atoms with Crippen LogP contribution in [0, 0.1) is 23.0 Å². The van der Waals surface area contributed by atoms with Crippen LogP contribution in [0.25, 0.3) is 0 Å². The molecule has 0 unspecified atom stereocenters. The van der Waals surface area contributed by atoms with E-state index in [0.717, 1.165) is 4.68 Å². The van der Waals surface area contributed by atoms with Crippen molar-refractivity contribution in [2.24, 2.45) is 0 Å². The lowest BCUT2D eigenvalue weighted by Gasteiger charge is -1.91. The molecule has 12 heavy (non-hydrogen) atoms. The van der Waals surface area contributed by atoms with E-state index >= 15 is 0 Å². The smallest absolute Gasteiger partial charge is 0.258 e. The molecule has 66 valence electrons. The second-order valence-corrected chi connectivity index (χ2v) is 2.30. The number of aromatic nitrogens is 2. The molecule has 0 aliphatic heterocycles. The minimum Gasteiger partial charge on any atom is -0.258 e. The zero-order valence-corrected chi connectivity index (χ0v) is 6.74. The highest BCUT2D eigenvalue weighted by Gasteiger charge is 2.24. The number of aryl methyl sites for hydroxylation is 2. The summed E-state index contributed by atoms with van der Waals surface area (Å²) in [7, 11) is 0. The zero-order chi connectivity index (χ0) is 9.30. The molecule has 0 aliphatic carbocycles. The molecule has 0 fully saturated rings. The van der Waals surface area contributed by atoms with E-state index in [1.54, 1.807) is 6.92 Å². The van der Waals surface area contributed by atoms with Crippen LogP contribution in [0.1, 0.15) is 12.6 Å². The summed E-state index contributed by atoms with van der Waals surface area (Å²) in [6.45, 7) is 3.37. The molecule has 5 nitrogen and oxygen atoms in total. The molecule has 0 spiro atoms. The Labute approximate surface area is 68.0 Å². The average molecular weight is 173 g/mol. The maximum Gasteiger partial charge on any atom is 0.346 e. The van der Waals surface area contributed by atoms with Gasteiger partial charge in [-0.2, -0.15) is 9.49 Å². The van der Waals surface area contributed by atoms with Crippen molar-refractivity contribution in [3.05, 3.63) is 21.8 Å². The first-order valence-corrected chi connectivity index (χ1v) is 3.45. The monoisotopic (exact) mass is 173 g/mol. The highest BCUT2D eigenvalue weighted by atomic mass is 19.1. The first-order valence-electron chi connectivity index (χ1n) is 3.45. The molecular weight excluding hydrogens is 165 g/mol. The predicted octanol–water partition coefficient (Wildman–Crippen LogP) is 1.26. The first-order chi connectivity index (χ1) is 5.57. The van der Waals surface area contributed by atoms with Gasteiger partial charge in [-0.25, -0.2) is 4.68 Å². The van der Waals surface area contributed by atoms with Gasteiger partial charge < -0.3 is 0 Å². The summed E-state index contributed by atoms with van der Waals surface area (Å²) in [5.41, 5.74) is -0.420. The Hall–Kier alpha value is -1.46. The van der Waals surface area contributed by atoms with Gasteiger partial charge >= 0.3 is 5.69 Å². The summed E-state index contributed by atoms with van der Waals surface area (Å²) in [6, 6.07) is 0. The van der Waals surface area contributed by atoms with Crippen molar-refractivity contribution in [2.75, 3.05) is 0 Å². The molecule has 0 aliphatic rings. The van der Waals surface area contributed by atoms with E-state index in [0.29, 0.717) is 6.54 Å². The fourth-order valence-electron chi connectivity index (χ4n) is 0.961. The number of hydrogen-bond donors (Lipinski definition) is 0. The van der Waals surface area contributed by atoms with Crippen molar-refractivity contribution in [1.29, 1.82) is 0 Å². The van der Waals surface area contributed by atoms with E-state index in [-0.39, 0.29) is 5.69 Å². The quantitative estimate of drug-likeness (QED) is 0.499. The molecule has 1 aromatic heterocycles. The Morgan fingerprint density at radius 1 is 1.75 bits per heavy atom. The third kappa shape index (κ3) is 1.15. The lowest BCUT2D eigenvalue weighted by atomic mass is 10.4. The molecule has 1 aromatic rings. The molecule has 0 atom stereocenters. The van der Waals surface area contributed by atoms with Gasteiger partial charge in [0.25, 0.3) is 5.95 Å². The van der Waals surface area contributed by atoms with Crippen molar-refractivity contribution >= 4 is 5.69 Å². The maximum absolute atomic E-state index is 13.0. The van der Waals surface area contributed by atoms with Crippen LogP contribution in [0.15, 0.2) is 0 Å². The third-order valence-corrected chi connectivity index (χ3v) is 1.52. The van der Waals surface area contributed by atoms with Gasteiger partial charge in [0.05, 0.1) is 4.92 Å². The Kier molecular flexibility index (Phi) is 2.07. The van der Waals surface area contributed by atoms with E-state index < -0.39 is 16.6 Å². The predicted molar refractivity (Wildman–Crippen MR) is 39.3 cm³/mol. The minimum atomic E-state index is -0.875. The normalized spacial score (nSPS) is 10.2. The van der Waals surface area contributed by atoms with Gasteiger partial charge in [-0.1, -0.05) is 0 Å². The topological polar surface area (TPSA) is 61.0 Å². The lowest BCUT2D eigenvalue weighted by molar-refractivity contribution is -0.388. The van der Waals surface area contributed by atoms with Gasteiger partial charge in [0.1, 0.15) is 5.69 Å². The molecular formula is C6H8FN3O2. The molecule has 1 rings (SSSR count). The molecule has 0 amide bonds. The van der Waals surface area contributed by atoms with E-state index in [1.807, 2.05) is 0 Å². The van der Waals surface area contributed by atoms with Crippen LogP contribution in [-0.2, 0) is 6.54 Å². The van der Waals surface area contributed by atoms with Gasteiger partial charge in [0.2, 0.25) is 0 Å². The molecule has 1 heterocycles. The van der Waals surface area contributed by atoms with E-state index in [9.17, 15) is 14.5 Å². The molecule has 0 bridgehead atoms. The van der Waals surface area contributed by atoms with Gasteiger partial charge in [-0.05, 0) is 13.8 Å². The van der Waals surface area contributed by atoms with Crippen LogP contribution in [0.4, 0.5) is 10.1 Å². The number of nitrogens with zero attached hydrogens (tertiary/aromatic N) is 3. The highest BCUT2D eigenvalue weighted by Crippen LogP contribution is 2.20. The van der Waals surface area contributed by atoms with Crippen LogP contribution in [0.3, 0.4) is 0 Å². The van der Waals surface area contributed by atoms with Gasteiger partial charge in [-0.15, -0.1) is 0 Å². The zero-order valence-electron chi connectivity index (χ0n) is 6.74. The van der Waals surface area contributed by atoms with E-state index in [1.165, 1.54) is 6.92 Å². The molecule has 0 radical (unpaired) electrons. The molecule has 0 aromatic carbocycles. The highest BCUT2D eigenvalue weighted by molar-refractivity contribution is 5.32. The van der Waals surface area contributed by atoms with Gasteiger partial charge in [0.15, 0.2) is 0 Å². The second-order valence-electron chi connectivity index (χ2n) is 2.30. The maximum atomic E-state index is 13.0. The fourth-order valence-corrected chi connectivity index (χ4v) is 0.961. The van der Waals surface area contributed by atoms with Gasteiger partial charge in [-0.3, -0.25) is 10.1 Å². The molecule has 0 N–H and O–H groups in total. The van der Waals surface area contributed by atoms with Crippen LogP contribution >= 0.6 is 0 Å². The molecule has 0 saturated heterocycles. The number of nitro groups is 1. The average Bonchev–Trinajstić information content (AvgIpc) is 2.25. The number of rotatable bonds is 2. The summed E-state index contributed by atoms with van der Waals surface area (Å²) >= 11 is 0. The Balaban J connectivity index is 3.28. The van der Waals surface area contributed by atoms with Crippen LogP contribution in [0.2, 0.25) is 0 Å². The minimum absolute atomic E-state index is 0.111. The third-order valence-electron chi connectivity index (χ3n) is 1.52. The Morgan fingerprint density at radius 2 is 2.33 bits per heavy atom. The van der Waals surface area contributed by atoms with Crippen LogP contribution in [-0.4, -0.2) is 14.7 Å². The first kappa shape index (κ1) is 8.63. The number of halogens is 1. The fraction of sp³-hybridized carbons (Fsp3) is 0.500. The Bertz CT molecular complexity index is 321. The summed E-state index contributed by atoms with van der Waals surface area (Å²) in [5, 5.41) is 13.9. The van der Waals surface area contributed by atoms with Crippen molar-refractivity contribution in [3.8, 4) is 0 Å². The van der Waals surface area contributed by atoms with E-state index in [2.05, 4.69) is 5.10 Å². The SMILES string of the molecule is CCn1nc(C)c([N+](=O)[O-])c1F. The standard InChI is InChI=1S/C6H8FN3O2/c1-3-9-6(7)5(10(11)12)4(2)8-9/h3H2,1-2H3. The lowest BCUT2D eigenvalue weighted by Crippen LogP contribution is -2.00. The van der Waals surface area contributed by atoms with Gasteiger partial charge in [0, 0.05) is 6.54 Å². The van der Waals surface area contributed by atoms with Crippen molar-refractivity contribution in [3.63, 3.8) is 0 Å². The molecule has 6 heteroatoms. The van der Waals surface area contributed by atoms with Crippen LogP contribution in [0.5, 0.6) is 0 Å². The summed E-state index contributed by atoms with van der Waals surface area (Å²) < 4.78 is 14.0. The summed E-state index contributed by atoms with van der Waals surface area (Å²) in [5.74, 6) is -0.875. The van der Waals surface area contributed by atoms with Crippen molar-refractivity contribution < 1.29 is 9.31 Å². The largest absolute Gasteiger partial charge is 0.346 e.